The van der Waals surface area contributed by atoms with E-state index in [1.165, 1.54) is 11.8 Å². The van der Waals surface area contributed by atoms with E-state index in [0.29, 0.717) is 17.5 Å². The molecule has 3 aromatic heterocycles. The number of aromatic nitrogens is 6. The molecule has 0 spiro atoms. The highest BCUT2D eigenvalue weighted by molar-refractivity contribution is 8.00. The molecule has 1 unspecified atom stereocenters. The van der Waals surface area contributed by atoms with Crippen molar-refractivity contribution < 1.29 is 9.53 Å². The molecule has 0 saturated heterocycles. The number of benzene rings is 1. The van der Waals surface area contributed by atoms with Crippen LogP contribution in [-0.2, 0) is 9.53 Å². The number of hydrogen-bond donors (Lipinski definition) is 0. The van der Waals surface area contributed by atoms with Gasteiger partial charge in [-0.05, 0) is 26.0 Å². The molecule has 0 saturated carbocycles. The molecule has 0 radical (unpaired) electrons. The van der Waals surface area contributed by atoms with Gasteiger partial charge in [0.15, 0.2) is 10.8 Å². The minimum Gasteiger partial charge on any atom is -0.465 e. The van der Waals surface area contributed by atoms with E-state index in [0.717, 1.165) is 16.6 Å². The number of fused-ring (bicyclic) bond motifs is 6. The summed E-state index contributed by atoms with van der Waals surface area (Å²) in [6.07, 6.45) is 1.61. The summed E-state index contributed by atoms with van der Waals surface area (Å²) in [6.45, 7) is 3.94. The Balaban J connectivity index is 1.92. The summed E-state index contributed by atoms with van der Waals surface area (Å²) >= 11 is 1.31. The molecule has 122 valence electrons. The highest BCUT2D eigenvalue weighted by Crippen LogP contribution is 2.28. The van der Waals surface area contributed by atoms with Crippen LogP contribution < -0.4 is 0 Å². The van der Waals surface area contributed by atoms with Crippen LogP contribution >= 0.6 is 11.8 Å². The number of carbonyl (C=O) groups excluding carboxylic acids is 1. The minimum absolute atomic E-state index is 0.270. The van der Waals surface area contributed by atoms with Crippen LogP contribution in [0.25, 0.3) is 22.3 Å². The molecule has 9 heteroatoms. The molecular formula is C15H14N6O2S. The van der Waals surface area contributed by atoms with Gasteiger partial charge in [0, 0.05) is 5.39 Å². The van der Waals surface area contributed by atoms with Crippen molar-refractivity contribution in [2.24, 2.45) is 0 Å². The van der Waals surface area contributed by atoms with E-state index in [1.54, 1.807) is 24.6 Å². The zero-order valence-corrected chi connectivity index (χ0v) is 13.9. The molecule has 24 heavy (non-hydrogen) atoms. The summed E-state index contributed by atoms with van der Waals surface area (Å²) in [6, 6.07) is 7.83. The first kappa shape index (κ1) is 14.9. The van der Waals surface area contributed by atoms with E-state index in [1.807, 2.05) is 28.7 Å². The first-order valence-electron chi connectivity index (χ1n) is 7.49. The molecule has 1 atom stereocenters. The molecule has 0 aliphatic rings. The van der Waals surface area contributed by atoms with Crippen molar-refractivity contribution in [1.29, 1.82) is 0 Å². The maximum absolute atomic E-state index is 11.9. The average Bonchev–Trinajstić information content (AvgIpc) is 3.22. The van der Waals surface area contributed by atoms with Gasteiger partial charge >= 0.3 is 5.97 Å². The summed E-state index contributed by atoms with van der Waals surface area (Å²) in [7, 11) is 0. The van der Waals surface area contributed by atoms with Crippen LogP contribution in [0.1, 0.15) is 13.8 Å². The normalized spacial score (nSPS) is 12.9. The number of esters is 1. The molecule has 0 N–H and O–H groups in total. The minimum atomic E-state index is -0.382. The summed E-state index contributed by atoms with van der Waals surface area (Å²) < 4.78 is 8.76. The topological polar surface area (TPSA) is 86.7 Å². The summed E-state index contributed by atoms with van der Waals surface area (Å²) in [5.74, 6) is 0.334. The van der Waals surface area contributed by atoms with Crippen LogP contribution in [0.3, 0.4) is 0 Å². The Kier molecular flexibility index (Phi) is 3.57. The second kappa shape index (κ2) is 5.75. The first-order valence-corrected chi connectivity index (χ1v) is 8.37. The van der Waals surface area contributed by atoms with E-state index in [2.05, 4.69) is 20.4 Å². The van der Waals surface area contributed by atoms with Gasteiger partial charge in [0.1, 0.15) is 11.6 Å². The quantitative estimate of drug-likeness (QED) is 0.414. The summed E-state index contributed by atoms with van der Waals surface area (Å²) in [5.41, 5.74) is 1.64. The van der Waals surface area contributed by atoms with Crippen LogP contribution in [0, 0.1) is 0 Å². The number of carbonyl (C=O) groups is 1. The molecule has 0 aliphatic heterocycles. The monoisotopic (exact) mass is 342 g/mol. The summed E-state index contributed by atoms with van der Waals surface area (Å²) in [4.78, 5) is 11.9. The van der Waals surface area contributed by atoms with Gasteiger partial charge in [-0.1, -0.05) is 23.9 Å². The summed E-state index contributed by atoms with van der Waals surface area (Å²) in [5, 5.41) is 17.8. The highest BCUT2D eigenvalue weighted by Gasteiger charge is 2.21. The number of para-hydroxylation sites is 1. The lowest BCUT2D eigenvalue weighted by molar-refractivity contribution is -0.142. The zero-order chi connectivity index (χ0) is 16.7. The molecule has 8 nitrogen and oxygen atoms in total. The highest BCUT2D eigenvalue weighted by atomic mass is 32.2. The van der Waals surface area contributed by atoms with Crippen LogP contribution in [0.4, 0.5) is 0 Å². The van der Waals surface area contributed by atoms with E-state index in [9.17, 15) is 4.79 Å². The van der Waals surface area contributed by atoms with Gasteiger partial charge in [0.05, 0.1) is 12.1 Å². The zero-order valence-electron chi connectivity index (χ0n) is 13.1. The lowest BCUT2D eigenvalue weighted by Crippen LogP contribution is -2.17. The molecule has 0 amide bonds. The second-order valence-electron chi connectivity index (χ2n) is 5.17. The average molecular weight is 342 g/mol. The molecule has 4 rings (SSSR count). The molecule has 3 heterocycles. The van der Waals surface area contributed by atoms with Crippen molar-refractivity contribution in [3.05, 3.63) is 30.6 Å². The molecule has 0 aliphatic carbocycles. The van der Waals surface area contributed by atoms with E-state index < -0.39 is 0 Å². The van der Waals surface area contributed by atoms with Gasteiger partial charge in [-0.3, -0.25) is 9.20 Å². The largest absolute Gasteiger partial charge is 0.465 e. The first-order chi connectivity index (χ1) is 11.7. The number of thioether (sulfide) groups is 1. The standard InChI is InChI=1S/C15H14N6O2S/c1-3-23-13(22)9(2)24-15-19-18-14-20-8-16-17-12(20)10-6-4-5-7-11(10)21(14)15/h4-9H,3H2,1-2H3. The molecule has 1 aromatic carbocycles. The van der Waals surface area contributed by atoms with E-state index >= 15 is 0 Å². The van der Waals surface area contributed by atoms with Gasteiger partial charge in [0.2, 0.25) is 5.78 Å². The fourth-order valence-electron chi connectivity index (χ4n) is 2.59. The third-order valence-corrected chi connectivity index (χ3v) is 4.69. The molecule has 0 fully saturated rings. The van der Waals surface area contributed by atoms with Gasteiger partial charge in [-0.25, -0.2) is 4.40 Å². The Morgan fingerprint density at radius 3 is 2.96 bits per heavy atom. The van der Waals surface area contributed by atoms with E-state index in [-0.39, 0.29) is 11.2 Å². The van der Waals surface area contributed by atoms with Crippen LogP contribution in [0.2, 0.25) is 0 Å². The number of nitrogens with zero attached hydrogens (tertiary/aromatic N) is 6. The third-order valence-electron chi connectivity index (χ3n) is 3.67. The fourth-order valence-corrected chi connectivity index (χ4v) is 3.45. The third kappa shape index (κ3) is 2.20. The number of ether oxygens (including phenoxy) is 1. The van der Waals surface area contributed by atoms with Crippen LogP contribution in [-0.4, -0.2) is 47.0 Å². The fraction of sp³-hybridized carbons (Fsp3) is 0.267. The smallest absolute Gasteiger partial charge is 0.319 e. The Morgan fingerprint density at radius 1 is 1.29 bits per heavy atom. The Hall–Kier alpha value is -2.68. The van der Waals surface area contributed by atoms with Crippen molar-refractivity contribution in [3.63, 3.8) is 0 Å². The van der Waals surface area contributed by atoms with Crippen molar-refractivity contribution in [3.8, 4) is 0 Å². The van der Waals surface area contributed by atoms with Crippen molar-refractivity contribution in [2.75, 3.05) is 6.61 Å². The van der Waals surface area contributed by atoms with Crippen LogP contribution in [0.15, 0.2) is 35.7 Å². The Bertz CT molecular complexity index is 1060. The molecule has 0 bridgehead atoms. The maximum Gasteiger partial charge on any atom is 0.319 e. The lowest BCUT2D eigenvalue weighted by Gasteiger charge is -2.10. The molecular weight excluding hydrogens is 328 g/mol. The Morgan fingerprint density at radius 2 is 2.12 bits per heavy atom. The predicted molar refractivity (Wildman–Crippen MR) is 89.0 cm³/mol. The SMILES string of the molecule is CCOC(=O)C(C)Sc1nnc2n3cnnc3c3ccccc3n12. The lowest BCUT2D eigenvalue weighted by atomic mass is 10.2. The second-order valence-corrected chi connectivity index (χ2v) is 6.48. The number of hydrogen-bond acceptors (Lipinski definition) is 7. The van der Waals surface area contributed by atoms with Gasteiger partial charge < -0.3 is 4.74 Å². The maximum atomic E-state index is 11.9. The van der Waals surface area contributed by atoms with Gasteiger partial charge in [-0.2, -0.15) is 0 Å². The van der Waals surface area contributed by atoms with Crippen molar-refractivity contribution in [2.45, 2.75) is 24.3 Å². The van der Waals surface area contributed by atoms with Gasteiger partial charge in [0.25, 0.3) is 0 Å². The van der Waals surface area contributed by atoms with Crippen molar-refractivity contribution in [1.82, 2.24) is 29.2 Å². The van der Waals surface area contributed by atoms with E-state index in [4.69, 9.17) is 4.74 Å². The number of rotatable bonds is 4. The Labute approximate surface area is 140 Å². The van der Waals surface area contributed by atoms with Crippen LogP contribution in [0.5, 0.6) is 0 Å². The van der Waals surface area contributed by atoms with Crippen molar-refractivity contribution >= 4 is 40.1 Å². The van der Waals surface area contributed by atoms with Gasteiger partial charge in [-0.15, -0.1) is 20.4 Å². The predicted octanol–water partition coefficient (Wildman–Crippen LogP) is 1.97. The molecule has 4 aromatic rings.